The van der Waals surface area contributed by atoms with E-state index in [2.05, 4.69) is 181 Å². The van der Waals surface area contributed by atoms with Crippen LogP contribution in [0, 0.1) is 0 Å². The predicted octanol–water partition coefficient (Wildman–Crippen LogP) is 14.2. The van der Waals surface area contributed by atoms with Crippen molar-refractivity contribution in [3.63, 3.8) is 0 Å². The van der Waals surface area contributed by atoms with E-state index in [1.54, 1.807) is 0 Å². The van der Waals surface area contributed by atoms with Gasteiger partial charge < -0.3 is 4.90 Å². The van der Waals surface area contributed by atoms with Crippen LogP contribution in [0.2, 0.25) is 0 Å². The molecular formula is C47H35NS. The van der Waals surface area contributed by atoms with Crippen molar-refractivity contribution in [3.05, 3.63) is 194 Å². The number of benzene rings is 7. The molecule has 0 bridgehead atoms. The van der Waals surface area contributed by atoms with Gasteiger partial charge in [-0.15, -0.1) is 11.3 Å². The lowest BCUT2D eigenvalue weighted by Crippen LogP contribution is -2.12. The molecule has 49 heavy (non-hydrogen) atoms. The predicted molar refractivity (Wildman–Crippen MR) is 215 cm³/mol. The summed E-state index contributed by atoms with van der Waals surface area (Å²) in [7, 11) is 0. The molecule has 0 radical (unpaired) electrons. The van der Waals surface area contributed by atoms with Crippen LogP contribution in [0.5, 0.6) is 0 Å². The second kappa shape index (κ2) is 13.3. The first-order valence-corrected chi connectivity index (χ1v) is 17.5. The zero-order valence-corrected chi connectivity index (χ0v) is 28.2. The average Bonchev–Trinajstić information content (AvgIpc) is 3.55. The number of thiophene rings is 1. The maximum Gasteiger partial charge on any atom is 0.0640 e. The number of hydrogen-bond acceptors (Lipinski definition) is 2. The number of hydrogen-bond donors (Lipinski definition) is 0. The maximum absolute atomic E-state index is 4.58. The quantitative estimate of drug-likeness (QED) is 0.149. The third-order valence-corrected chi connectivity index (χ3v) is 10.3. The molecule has 1 nitrogen and oxygen atoms in total. The van der Waals surface area contributed by atoms with E-state index < -0.39 is 0 Å². The minimum Gasteiger partial charge on any atom is -0.308 e. The Morgan fingerprint density at radius 1 is 0.551 bits per heavy atom. The van der Waals surface area contributed by atoms with Crippen LogP contribution in [0.1, 0.15) is 12.5 Å². The van der Waals surface area contributed by atoms with Gasteiger partial charge in [-0.05, 0) is 81.9 Å². The summed E-state index contributed by atoms with van der Waals surface area (Å²) in [6, 6.07) is 57.1. The third kappa shape index (κ3) is 5.88. The van der Waals surface area contributed by atoms with Crippen LogP contribution < -0.4 is 4.90 Å². The van der Waals surface area contributed by atoms with Crippen molar-refractivity contribution in [2.45, 2.75) is 6.92 Å². The minimum absolute atomic E-state index is 0.951. The summed E-state index contributed by atoms with van der Waals surface area (Å²) in [6.45, 7) is 6.61. The molecule has 0 amide bonds. The van der Waals surface area contributed by atoms with E-state index in [-0.39, 0.29) is 0 Å². The second-order valence-corrected chi connectivity index (χ2v) is 13.3. The molecule has 0 aliphatic carbocycles. The lowest BCUT2D eigenvalue weighted by atomic mass is 9.95. The Morgan fingerprint density at radius 3 is 2.06 bits per heavy atom. The van der Waals surface area contributed by atoms with E-state index in [0.717, 1.165) is 33.8 Å². The van der Waals surface area contributed by atoms with E-state index in [4.69, 9.17) is 0 Å². The number of rotatable bonds is 8. The summed E-state index contributed by atoms with van der Waals surface area (Å²) in [5.74, 6) is 0. The fourth-order valence-corrected chi connectivity index (χ4v) is 7.87. The van der Waals surface area contributed by atoms with Gasteiger partial charge in [-0.25, -0.2) is 0 Å². The fourth-order valence-electron chi connectivity index (χ4n) is 6.66. The molecule has 0 fully saturated rings. The summed E-state index contributed by atoms with van der Waals surface area (Å²) >= 11 is 1.85. The average molecular weight is 646 g/mol. The maximum atomic E-state index is 4.58. The van der Waals surface area contributed by atoms with E-state index in [9.17, 15) is 0 Å². The molecule has 8 aromatic rings. The molecule has 0 aliphatic heterocycles. The third-order valence-electron chi connectivity index (χ3n) is 9.13. The molecule has 0 aliphatic rings. The standard InChI is InChI=1S/C47H35NS/c1-3-4-6-14-33(2)41-30-27-39(38-24-23-35-17-9-10-18-37(35)31-38)32-45(41)48(40-28-25-36(26-29-40)34-15-7-5-8-16-34)44-21-13-20-43-42-19-11-12-22-46(42)49-47(43)44/h3-32H,2H2,1H3/b4-3-,14-6-. The molecule has 0 atom stereocenters. The Bertz CT molecular complexity index is 2520. The summed E-state index contributed by atoms with van der Waals surface area (Å²) in [4.78, 5) is 2.43. The molecule has 1 aromatic heterocycles. The largest absolute Gasteiger partial charge is 0.308 e. The Hall–Kier alpha value is -5.96. The Kier molecular flexibility index (Phi) is 8.23. The molecule has 0 saturated heterocycles. The summed E-state index contributed by atoms with van der Waals surface area (Å²) in [6.07, 6.45) is 8.25. The number of nitrogens with zero attached hydrogens (tertiary/aromatic N) is 1. The zero-order chi connectivity index (χ0) is 33.2. The van der Waals surface area contributed by atoms with Crippen molar-refractivity contribution in [3.8, 4) is 22.3 Å². The van der Waals surface area contributed by atoms with Crippen LogP contribution in [-0.4, -0.2) is 0 Å². The van der Waals surface area contributed by atoms with Crippen molar-refractivity contribution >= 4 is 64.9 Å². The fraction of sp³-hybridized carbons (Fsp3) is 0.0213. The molecule has 234 valence electrons. The molecule has 0 N–H and O–H groups in total. The van der Waals surface area contributed by atoms with Gasteiger partial charge in [0.05, 0.1) is 16.1 Å². The number of allylic oxidation sites excluding steroid dienone is 5. The van der Waals surface area contributed by atoms with Gasteiger partial charge in [0.25, 0.3) is 0 Å². The normalized spacial score (nSPS) is 11.7. The van der Waals surface area contributed by atoms with Gasteiger partial charge in [-0.3, -0.25) is 0 Å². The van der Waals surface area contributed by atoms with Crippen molar-refractivity contribution in [2.24, 2.45) is 0 Å². The second-order valence-electron chi connectivity index (χ2n) is 12.2. The van der Waals surface area contributed by atoms with Crippen LogP contribution in [-0.2, 0) is 0 Å². The summed E-state index contributed by atoms with van der Waals surface area (Å²) in [5.41, 5.74) is 10.1. The molecule has 7 aromatic carbocycles. The number of fused-ring (bicyclic) bond motifs is 4. The van der Waals surface area contributed by atoms with E-state index in [1.165, 1.54) is 47.6 Å². The van der Waals surface area contributed by atoms with Gasteiger partial charge in [0.15, 0.2) is 0 Å². The lowest BCUT2D eigenvalue weighted by Gasteiger charge is -2.29. The topological polar surface area (TPSA) is 3.24 Å². The molecule has 1 heterocycles. The molecule has 0 saturated carbocycles. The van der Waals surface area contributed by atoms with Crippen LogP contribution in [0.25, 0.3) is 58.8 Å². The smallest absolute Gasteiger partial charge is 0.0640 e. The Labute approximate surface area is 292 Å². The first-order valence-electron chi connectivity index (χ1n) is 16.7. The SMILES string of the molecule is C=C(/C=C\C=C/C)c1ccc(-c2ccc3ccccc3c2)cc1N(c1ccc(-c2ccccc2)cc1)c1cccc2c1sc1ccccc12. The van der Waals surface area contributed by atoms with E-state index in [1.807, 2.05) is 30.4 Å². The Balaban J connectivity index is 1.38. The van der Waals surface area contributed by atoms with Crippen molar-refractivity contribution < 1.29 is 0 Å². The molecule has 2 heteroatoms. The van der Waals surface area contributed by atoms with Crippen molar-refractivity contribution in [2.75, 3.05) is 4.90 Å². The molecule has 0 unspecified atom stereocenters. The van der Waals surface area contributed by atoms with E-state index in [0.29, 0.717) is 0 Å². The highest BCUT2D eigenvalue weighted by Crippen LogP contribution is 2.47. The van der Waals surface area contributed by atoms with E-state index >= 15 is 0 Å². The van der Waals surface area contributed by atoms with Crippen LogP contribution >= 0.6 is 11.3 Å². The van der Waals surface area contributed by atoms with Gasteiger partial charge in [-0.1, -0.05) is 152 Å². The highest BCUT2D eigenvalue weighted by Gasteiger charge is 2.22. The Morgan fingerprint density at radius 2 is 1.22 bits per heavy atom. The van der Waals surface area contributed by atoms with Crippen molar-refractivity contribution in [1.29, 1.82) is 0 Å². The molecule has 0 spiro atoms. The highest BCUT2D eigenvalue weighted by molar-refractivity contribution is 7.26. The van der Waals surface area contributed by atoms with Gasteiger partial charge in [-0.2, -0.15) is 0 Å². The summed E-state index contributed by atoms with van der Waals surface area (Å²) < 4.78 is 2.54. The van der Waals surface area contributed by atoms with Crippen molar-refractivity contribution in [1.82, 2.24) is 0 Å². The highest BCUT2D eigenvalue weighted by atomic mass is 32.1. The van der Waals surface area contributed by atoms with Gasteiger partial charge in [0.1, 0.15) is 0 Å². The van der Waals surface area contributed by atoms with Crippen LogP contribution in [0.4, 0.5) is 17.1 Å². The molecule has 8 rings (SSSR count). The lowest BCUT2D eigenvalue weighted by molar-refractivity contribution is 1.29. The molecular weight excluding hydrogens is 611 g/mol. The summed E-state index contributed by atoms with van der Waals surface area (Å²) in [5, 5.41) is 5.02. The zero-order valence-electron chi connectivity index (χ0n) is 27.4. The van der Waals surface area contributed by atoms with Crippen LogP contribution in [0.15, 0.2) is 189 Å². The first kappa shape index (κ1) is 30.4. The van der Waals surface area contributed by atoms with Gasteiger partial charge >= 0.3 is 0 Å². The minimum atomic E-state index is 0.951. The first-order chi connectivity index (χ1) is 24.2. The van der Waals surface area contributed by atoms with Crippen LogP contribution in [0.3, 0.4) is 0 Å². The van der Waals surface area contributed by atoms with Gasteiger partial charge in [0, 0.05) is 26.7 Å². The monoisotopic (exact) mass is 645 g/mol. The van der Waals surface area contributed by atoms with Gasteiger partial charge in [0.2, 0.25) is 0 Å². The number of anilines is 3.